The van der Waals surface area contributed by atoms with E-state index in [4.69, 9.17) is 0 Å². The van der Waals surface area contributed by atoms with Crippen molar-refractivity contribution >= 4 is 0 Å². The van der Waals surface area contributed by atoms with E-state index in [9.17, 15) is 0 Å². The van der Waals surface area contributed by atoms with E-state index in [-0.39, 0.29) is 0 Å². The Balaban J connectivity index is 2.10. The van der Waals surface area contributed by atoms with Crippen molar-refractivity contribution < 1.29 is 0 Å². The molecular formula is C43H80N2. The summed E-state index contributed by atoms with van der Waals surface area (Å²) in [4.78, 5) is 5.50. The highest BCUT2D eigenvalue weighted by Crippen LogP contribution is 2.21. The largest absolute Gasteiger partial charge is 0.301 e. The van der Waals surface area contributed by atoms with Crippen molar-refractivity contribution in [3.63, 3.8) is 0 Å². The van der Waals surface area contributed by atoms with Gasteiger partial charge in [-0.05, 0) is 83.6 Å². The van der Waals surface area contributed by atoms with Crippen LogP contribution in [0.3, 0.4) is 0 Å². The van der Waals surface area contributed by atoms with Gasteiger partial charge in [-0.3, -0.25) is 4.90 Å². The Labute approximate surface area is 284 Å². The average Bonchev–Trinajstić information content (AvgIpc) is 3.07. The Morgan fingerprint density at radius 3 is 1.13 bits per heavy atom. The molecule has 2 nitrogen and oxygen atoms in total. The molecule has 0 aromatic heterocycles. The summed E-state index contributed by atoms with van der Waals surface area (Å²) < 4.78 is 0. The molecule has 0 atom stereocenters. The summed E-state index contributed by atoms with van der Waals surface area (Å²) in [7, 11) is 0. The van der Waals surface area contributed by atoms with Crippen LogP contribution < -0.4 is 0 Å². The molecule has 0 spiro atoms. The summed E-state index contributed by atoms with van der Waals surface area (Å²) in [6.07, 6.45) is 54.3. The van der Waals surface area contributed by atoms with Crippen molar-refractivity contribution in [3.05, 3.63) is 48.6 Å². The van der Waals surface area contributed by atoms with Crippen molar-refractivity contribution in [2.45, 2.75) is 194 Å². The van der Waals surface area contributed by atoms with Crippen molar-refractivity contribution in [3.8, 4) is 0 Å². The maximum Gasteiger partial charge on any atom is 0.0113 e. The number of rotatable bonds is 32. The van der Waals surface area contributed by atoms with Crippen LogP contribution in [-0.4, -0.2) is 48.6 Å². The Bertz CT molecular complexity index is 649. The number of piperazine rings is 1. The third-order valence-corrected chi connectivity index (χ3v) is 9.85. The Morgan fingerprint density at radius 2 is 0.756 bits per heavy atom. The molecule has 0 radical (unpaired) electrons. The van der Waals surface area contributed by atoms with E-state index in [1.54, 1.807) is 0 Å². The average molecular weight is 625 g/mol. The van der Waals surface area contributed by atoms with Crippen molar-refractivity contribution in [2.24, 2.45) is 0 Å². The lowest BCUT2D eigenvalue weighted by Crippen LogP contribution is -2.50. The first-order valence-corrected chi connectivity index (χ1v) is 20.4. The standard InChI is InChI=1S/C43H80N2/c1-4-7-9-11-13-15-17-19-21-23-25-27-29-31-33-35-37-43(45-41-39-44(6-3)40-42-45)38-36-34-32-30-28-26-24-22-20-18-16-14-12-10-8-5-2/h13-16,19-22,43H,4-12,17-18,23-42H2,1-3H3/b15-13-,16-14-,21-19-,22-20-. The molecule has 0 N–H and O–H groups in total. The fourth-order valence-corrected chi connectivity index (χ4v) is 6.69. The lowest BCUT2D eigenvalue weighted by molar-refractivity contribution is 0.0885. The van der Waals surface area contributed by atoms with Crippen LogP contribution in [-0.2, 0) is 0 Å². The minimum absolute atomic E-state index is 0.834. The van der Waals surface area contributed by atoms with E-state index in [1.807, 2.05) is 0 Å². The van der Waals surface area contributed by atoms with Gasteiger partial charge >= 0.3 is 0 Å². The molecular weight excluding hydrogens is 544 g/mol. The summed E-state index contributed by atoms with van der Waals surface area (Å²) >= 11 is 0. The summed E-state index contributed by atoms with van der Waals surface area (Å²) in [6.45, 7) is 13.2. The first kappa shape index (κ1) is 41.9. The third kappa shape index (κ3) is 27.7. The van der Waals surface area contributed by atoms with Crippen LogP contribution in [0.1, 0.15) is 188 Å². The lowest BCUT2D eigenvalue weighted by Gasteiger charge is -2.39. The van der Waals surface area contributed by atoms with E-state index in [1.165, 1.54) is 187 Å². The SMILES string of the molecule is CCCCC/C=C\C/C=C\CCCCCCCCC(CCCCCCCC/C=C\C/C=C\CCCCC)N1CCN(CC)CC1. The van der Waals surface area contributed by atoms with Gasteiger partial charge in [-0.15, -0.1) is 0 Å². The van der Waals surface area contributed by atoms with Gasteiger partial charge in [0, 0.05) is 32.2 Å². The van der Waals surface area contributed by atoms with Gasteiger partial charge in [-0.25, -0.2) is 0 Å². The van der Waals surface area contributed by atoms with Crippen LogP contribution in [0.4, 0.5) is 0 Å². The second kappa shape index (κ2) is 34.2. The van der Waals surface area contributed by atoms with Gasteiger partial charge in [0.1, 0.15) is 0 Å². The van der Waals surface area contributed by atoms with Crippen LogP contribution in [0.2, 0.25) is 0 Å². The number of allylic oxidation sites excluding steroid dienone is 8. The third-order valence-electron chi connectivity index (χ3n) is 9.85. The monoisotopic (exact) mass is 625 g/mol. The molecule has 1 aliphatic rings. The highest BCUT2D eigenvalue weighted by atomic mass is 15.3. The molecule has 1 rings (SSSR count). The highest BCUT2D eigenvalue weighted by molar-refractivity contribution is 4.93. The lowest BCUT2D eigenvalue weighted by atomic mass is 9.98. The van der Waals surface area contributed by atoms with Crippen LogP contribution in [0.25, 0.3) is 0 Å². The zero-order chi connectivity index (χ0) is 32.3. The first-order chi connectivity index (χ1) is 22.3. The highest BCUT2D eigenvalue weighted by Gasteiger charge is 2.22. The predicted octanol–water partition coefficient (Wildman–Crippen LogP) is 13.4. The Morgan fingerprint density at radius 1 is 0.400 bits per heavy atom. The van der Waals surface area contributed by atoms with E-state index >= 15 is 0 Å². The fraction of sp³-hybridized carbons (Fsp3) is 0.814. The maximum absolute atomic E-state index is 2.87. The van der Waals surface area contributed by atoms with Gasteiger partial charge in [0.05, 0.1) is 0 Å². The van der Waals surface area contributed by atoms with Gasteiger partial charge in [-0.1, -0.05) is 159 Å². The van der Waals surface area contributed by atoms with E-state index in [0.29, 0.717) is 0 Å². The van der Waals surface area contributed by atoms with E-state index in [2.05, 4.69) is 79.2 Å². The summed E-state index contributed by atoms with van der Waals surface area (Å²) in [5.74, 6) is 0. The smallest absolute Gasteiger partial charge is 0.0113 e. The summed E-state index contributed by atoms with van der Waals surface area (Å²) in [5, 5.41) is 0. The van der Waals surface area contributed by atoms with Crippen LogP contribution in [0.15, 0.2) is 48.6 Å². The second-order valence-electron chi connectivity index (χ2n) is 13.9. The number of hydrogen-bond donors (Lipinski definition) is 0. The van der Waals surface area contributed by atoms with Crippen LogP contribution in [0, 0.1) is 0 Å². The topological polar surface area (TPSA) is 6.48 Å². The molecule has 45 heavy (non-hydrogen) atoms. The Kier molecular flexibility index (Phi) is 31.9. The maximum atomic E-state index is 2.87. The van der Waals surface area contributed by atoms with E-state index in [0.717, 1.165) is 18.9 Å². The van der Waals surface area contributed by atoms with E-state index < -0.39 is 0 Å². The molecule has 0 saturated carbocycles. The molecule has 0 aromatic carbocycles. The molecule has 0 bridgehead atoms. The molecule has 0 amide bonds. The van der Waals surface area contributed by atoms with Crippen LogP contribution in [0.5, 0.6) is 0 Å². The van der Waals surface area contributed by atoms with Gasteiger partial charge in [-0.2, -0.15) is 0 Å². The normalized spacial score (nSPS) is 15.4. The van der Waals surface area contributed by atoms with Gasteiger partial charge < -0.3 is 4.90 Å². The molecule has 0 aliphatic carbocycles. The predicted molar refractivity (Wildman–Crippen MR) is 205 cm³/mol. The van der Waals surface area contributed by atoms with Gasteiger partial charge in [0.2, 0.25) is 0 Å². The molecule has 1 fully saturated rings. The van der Waals surface area contributed by atoms with Crippen molar-refractivity contribution in [2.75, 3.05) is 32.7 Å². The zero-order valence-electron chi connectivity index (χ0n) is 31.0. The molecule has 1 aliphatic heterocycles. The number of likely N-dealkylation sites (N-methyl/N-ethyl adjacent to an activating group) is 1. The quantitative estimate of drug-likeness (QED) is 0.0542. The minimum atomic E-state index is 0.834. The second-order valence-corrected chi connectivity index (χ2v) is 13.9. The fourth-order valence-electron chi connectivity index (χ4n) is 6.69. The van der Waals surface area contributed by atoms with Gasteiger partial charge in [0.15, 0.2) is 0 Å². The number of nitrogens with zero attached hydrogens (tertiary/aromatic N) is 2. The zero-order valence-corrected chi connectivity index (χ0v) is 31.0. The van der Waals surface area contributed by atoms with Crippen LogP contribution >= 0.6 is 0 Å². The van der Waals surface area contributed by atoms with Crippen molar-refractivity contribution in [1.29, 1.82) is 0 Å². The molecule has 2 heteroatoms. The number of unbranched alkanes of at least 4 members (excludes halogenated alkanes) is 18. The molecule has 0 aromatic rings. The molecule has 1 saturated heterocycles. The van der Waals surface area contributed by atoms with Crippen molar-refractivity contribution in [1.82, 2.24) is 9.80 Å². The summed E-state index contributed by atoms with van der Waals surface area (Å²) in [6, 6.07) is 0.834. The molecule has 1 heterocycles. The molecule has 0 unspecified atom stereocenters. The Hall–Kier alpha value is -1.12. The van der Waals surface area contributed by atoms with Gasteiger partial charge in [0.25, 0.3) is 0 Å². The molecule has 262 valence electrons. The first-order valence-electron chi connectivity index (χ1n) is 20.4. The minimum Gasteiger partial charge on any atom is -0.301 e. The number of hydrogen-bond acceptors (Lipinski definition) is 2. The summed E-state index contributed by atoms with van der Waals surface area (Å²) in [5.41, 5.74) is 0.